The highest BCUT2D eigenvalue weighted by atomic mass is 32.2. The Bertz CT molecular complexity index is 564. The van der Waals surface area contributed by atoms with Crippen LogP contribution in [0.15, 0.2) is 23.1 Å². The monoisotopic (exact) mass is 295 g/mol. The third-order valence-electron chi connectivity index (χ3n) is 4.19. The lowest BCUT2D eigenvalue weighted by molar-refractivity contribution is 0.377. The van der Waals surface area contributed by atoms with Crippen LogP contribution in [0.1, 0.15) is 43.7 Å². The third-order valence-corrected chi connectivity index (χ3v) is 6.57. The van der Waals surface area contributed by atoms with Gasteiger partial charge in [-0.1, -0.05) is 31.0 Å². The van der Waals surface area contributed by atoms with Gasteiger partial charge in [-0.3, -0.25) is 0 Å². The van der Waals surface area contributed by atoms with Crippen molar-refractivity contribution in [1.29, 1.82) is 0 Å². The Morgan fingerprint density at radius 1 is 1.25 bits per heavy atom. The van der Waals surface area contributed by atoms with E-state index in [-0.39, 0.29) is 5.25 Å². The SMILES string of the molecule is CCNC1CCCC(S(=O)(=O)c2ccc(C)cc2C)C1. The van der Waals surface area contributed by atoms with E-state index in [1.807, 2.05) is 26.0 Å². The largest absolute Gasteiger partial charge is 0.314 e. The van der Waals surface area contributed by atoms with E-state index in [0.29, 0.717) is 10.9 Å². The molecule has 0 amide bonds. The summed E-state index contributed by atoms with van der Waals surface area (Å²) in [4.78, 5) is 0.519. The maximum absolute atomic E-state index is 12.8. The Hall–Kier alpha value is -0.870. The van der Waals surface area contributed by atoms with Gasteiger partial charge in [-0.05, 0) is 51.3 Å². The van der Waals surface area contributed by atoms with Crippen LogP contribution < -0.4 is 5.32 Å². The predicted molar refractivity (Wildman–Crippen MR) is 82.8 cm³/mol. The summed E-state index contributed by atoms with van der Waals surface area (Å²) in [6, 6.07) is 5.97. The topological polar surface area (TPSA) is 46.2 Å². The Morgan fingerprint density at radius 3 is 2.65 bits per heavy atom. The van der Waals surface area contributed by atoms with Crippen molar-refractivity contribution in [3.8, 4) is 0 Å². The molecule has 1 aromatic rings. The predicted octanol–water partition coefficient (Wildman–Crippen LogP) is 3.00. The van der Waals surface area contributed by atoms with Gasteiger partial charge in [0, 0.05) is 6.04 Å². The third kappa shape index (κ3) is 3.23. The van der Waals surface area contributed by atoms with Crippen LogP contribution in [0.4, 0.5) is 0 Å². The van der Waals surface area contributed by atoms with E-state index in [0.717, 1.165) is 43.4 Å². The average Bonchev–Trinajstić information content (AvgIpc) is 2.39. The van der Waals surface area contributed by atoms with E-state index < -0.39 is 9.84 Å². The normalized spacial score (nSPS) is 23.8. The van der Waals surface area contributed by atoms with E-state index in [1.54, 1.807) is 6.07 Å². The molecule has 0 spiro atoms. The van der Waals surface area contributed by atoms with E-state index in [2.05, 4.69) is 12.2 Å². The standard InChI is InChI=1S/C16H25NO2S/c1-4-17-14-6-5-7-15(11-14)20(18,19)16-9-8-12(2)10-13(16)3/h8-10,14-15,17H,4-7,11H2,1-3H3. The van der Waals surface area contributed by atoms with Crippen LogP contribution in [0.2, 0.25) is 0 Å². The summed E-state index contributed by atoms with van der Waals surface area (Å²) >= 11 is 0. The summed E-state index contributed by atoms with van der Waals surface area (Å²) < 4.78 is 25.7. The van der Waals surface area contributed by atoms with Crippen LogP contribution in [0.25, 0.3) is 0 Å². The second-order valence-electron chi connectivity index (χ2n) is 5.86. The molecule has 1 aliphatic rings. The molecule has 1 aliphatic carbocycles. The lowest BCUT2D eigenvalue weighted by Crippen LogP contribution is -2.39. The molecule has 1 saturated carbocycles. The Morgan fingerprint density at radius 2 is 2.00 bits per heavy atom. The van der Waals surface area contributed by atoms with Crippen LogP contribution in [0, 0.1) is 13.8 Å². The van der Waals surface area contributed by atoms with E-state index in [9.17, 15) is 8.42 Å². The quantitative estimate of drug-likeness (QED) is 0.929. The molecule has 1 fully saturated rings. The zero-order valence-electron chi connectivity index (χ0n) is 12.6. The molecule has 112 valence electrons. The summed E-state index contributed by atoms with van der Waals surface area (Å²) in [5.41, 5.74) is 1.98. The van der Waals surface area contributed by atoms with Crippen molar-refractivity contribution in [2.75, 3.05) is 6.54 Å². The molecule has 2 unspecified atom stereocenters. The van der Waals surface area contributed by atoms with Gasteiger partial charge in [-0.2, -0.15) is 0 Å². The number of sulfone groups is 1. The van der Waals surface area contributed by atoms with E-state index in [4.69, 9.17) is 0 Å². The molecule has 4 heteroatoms. The van der Waals surface area contributed by atoms with Gasteiger partial charge < -0.3 is 5.32 Å². The van der Waals surface area contributed by atoms with E-state index >= 15 is 0 Å². The van der Waals surface area contributed by atoms with Gasteiger partial charge in [-0.15, -0.1) is 0 Å². The molecule has 0 radical (unpaired) electrons. The van der Waals surface area contributed by atoms with Crippen molar-refractivity contribution in [2.24, 2.45) is 0 Å². The van der Waals surface area contributed by atoms with Crippen LogP contribution >= 0.6 is 0 Å². The maximum Gasteiger partial charge on any atom is 0.181 e. The minimum Gasteiger partial charge on any atom is -0.314 e. The molecule has 0 aromatic heterocycles. The van der Waals surface area contributed by atoms with Crippen LogP contribution in [-0.2, 0) is 9.84 Å². The van der Waals surface area contributed by atoms with Crippen molar-refractivity contribution in [3.05, 3.63) is 29.3 Å². The zero-order chi connectivity index (χ0) is 14.8. The Labute approximate surface area is 122 Å². The van der Waals surface area contributed by atoms with Crippen molar-refractivity contribution in [3.63, 3.8) is 0 Å². The van der Waals surface area contributed by atoms with Gasteiger partial charge in [0.15, 0.2) is 9.84 Å². The second kappa shape index (κ2) is 6.27. The Kier molecular flexibility index (Phi) is 4.86. The van der Waals surface area contributed by atoms with Gasteiger partial charge in [0.2, 0.25) is 0 Å². The second-order valence-corrected chi connectivity index (χ2v) is 8.05. The highest BCUT2D eigenvalue weighted by Gasteiger charge is 2.33. The molecule has 20 heavy (non-hydrogen) atoms. The maximum atomic E-state index is 12.8. The molecule has 2 atom stereocenters. The minimum absolute atomic E-state index is 0.235. The minimum atomic E-state index is -3.20. The van der Waals surface area contributed by atoms with Crippen LogP contribution in [0.3, 0.4) is 0 Å². The lowest BCUT2D eigenvalue weighted by Gasteiger charge is -2.29. The number of hydrogen-bond acceptors (Lipinski definition) is 3. The number of nitrogens with one attached hydrogen (secondary N) is 1. The first-order valence-electron chi connectivity index (χ1n) is 7.49. The Balaban J connectivity index is 2.25. The molecule has 0 heterocycles. The number of hydrogen-bond donors (Lipinski definition) is 1. The molecule has 0 saturated heterocycles. The summed E-state index contributed by atoms with van der Waals surface area (Å²) in [6.07, 6.45) is 3.61. The van der Waals surface area contributed by atoms with Gasteiger partial charge >= 0.3 is 0 Å². The molecule has 1 aromatic carbocycles. The molecule has 0 aliphatic heterocycles. The first-order chi connectivity index (χ1) is 9.45. The fraction of sp³-hybridized carbons (Fsp3) is 0.625. The van der Waals surface area contributed by atoms with Gasteiger partial charge in [0.25, 0.3) is 0 Å². The first-order valence-corrected chi connectivity index (χ1v) is 9.04. The van der Waals surface area contributed by atoms with Gasteiger partial charge in [0.05, 0.1) is 10.1 Å². The van der Waals surface area contributed by atoms with Crippen molar-refractivity contribution < 1.29 is 8.42 Å². The molecule has 3 nitrogen and oxygen atoms in total. The fourth-order valence-corrected chi connectivity index (χ4v) is 5.29. The summed E-state index contributed by atoms with van der Waals surface area (Å²) in [6.45, 7) is 6.86. The lowest BCUT2D eigenvalue weighted by atomic mass is 9.95. The molecule has 2 rings (SSSR count). The fourth-order valence-electron chi connectivity index (χ4n) is 3.20. The zero-order valence-corrected chi connectivity index (χ0v) is 13.5. The average molecular weight is 295 g/mol. The number of rotatable bonds is 4. The van der Waals surface area contributed by atoms with Crippen molar-refractivity contribution in [1.82, 2.24) is 5.32 Å². The van der Waals surface area contributed by atoms with E-state index in [1.165, 1.54) is 0 Å². The molecule has 1 N–H and O–H groups in total. The van der Waals surface area contributed by atoms with Gasteiger partial charge in [0.1, 0.15) is 0 Å². The molecular formula is C16H25NO2S. The molecular weight excluding hydrogens is 270 g/mol. The highest BCUT2D eigenvalue weighted by molar-refractivity contribution is 7.92. The van der Waals surface area contributed by atoms with Crippen molar-refractivity contribution in [2.45, 2.75) is 62.6 Å². The van der Waals surface area contributed by atoms with Gasteiger partial charge in [-0.25, -0.2) is 8.42 Å². The summed E-state index contributed by atoms with van der Waals surface area (Å²) in [5, 5.41) is 3.16. The summed E-state index contributed by atoms with van der Waals surface area (Å²) in [5.74, 6) is 0. The summed E-state index contributed by atoms with van der Waals surface area (Å²) in [7, 11) is -3.20. The van der Waals surface area contributed by atoms with Crippen LogP contribution in [0.5, 0.6) is 0 Å². The number of benzene rings is 1. The molecule has 0 bridgehead atoms. The van der Waals surface area contributed by atoms with Crippen LogP contribution in [-0.4, -0.2) is 26.3 Å². The smallest absolute Gasteiger partial charge is 0.181 e. The number of aryl methyl sites for hydroxylation is 2. The first kappa shape index (κ1) is 15.5. The highest BCUT2D eigenvalue weighted by Crippen LogP contribution is 2.30. The van der Waals surface area contributed by atoms with Crippen molar-refractivity contribution >= 4 is 9.84 Å².